The molecule has 11 nitrogen and oxygen atoms in total. The molecule has 0 radical (unpaired) electrons. The van der Waals surface area contributed by atoms with Crippen LogP contribution in [-0.4, -0.2) is 89.1 Å². The van der Waals surface area contributed by atoms with Crippen molar-refractivity contribution in [3.63, 3.8) is 0 Å². The van der Waals surface area contributed by atoms with Crippen molar-refractivity contribution in [1.29, 1.82) is 0 Å². The van der Waals surface area contributed by atoms with Crippen molar-refractivity contribution < 1.29 is 33.0 Å². The van der Waals surface area contributed by atoms with E-state index in [4.69, 9.17) is 14.8 Å². The summed E-state index contributed by atoms with van der Waals surface area (Å²) in [6.07, 6.45) is 1.53. The molecule has 2 saturated heterocycles. The lowest BCUT2D eigenvalue weighted by Crippen LogP contribution is -2.53. The Kier molecular flexibility index (Phi) is 9.66. The highest BCUT2D eigenvalue weighted by Crippen LogP contribution is 2.37. The minimum Gasteiger partial charge on any atom is -0.481 e. The molecule has 3 aromatic rings. The molecule has 15 heteroatoms. The number of nitrogens with one attached hydrogen (secondary N) is 1. The van der Waals surface area contributed by atoms with Crippen molar-refractivity contribution in [2.75, 3.05) is 44.2 Å². The standard InChI is InChI=1S/C32H31BrF2N6O5S/c1-2-46-31(44)27-25(37-29(30-36-9-12-47-30)38-28(27)22-7-5-19(34)13-23(22)33)17-39-10-11-40-21(15-39)16-41(32(40)45)20-6-3-18(24(35)14-20)4-8-26(42)43/h3,5-7,9,12-14,21,28H,2,4,8,10-11,15-17H2,1H3,(H,37,38)(H,42,43)/t21-,28-/m0/s1. The number of ether oxygens (including phenoxy) is 1. The first kappa shape index (κ1) is 32.7. The number of carbonyl (C=O) groups excluding carboxylic acids is 2. The number of nitrogens with zero attached hydrogens (tertiary/aromatic N) is 5. The molecule has 0 aliphatic carbocycles. The van der Waals surface area contributed by atoms with Gasteiger partial charge in [0, 0.05) is 66.6 Å². The number of anilines is 1. The molecule has 6 rings (SSSR count). The van der Waals surface area contributed by atoms with Gasteiger partial charge in [0.05, 0.1) is 18.2 Å². The number of aryl methyl sites for hydroxylation is 1. The van der Waals surface area contributed by atoms with E-state index in [2.05, 4.69) is 31.1 Å². The van der Waals surface area contributed by atoms with Gasteiger partial charge in [0.1, 0.15) is 17.7 Å². The number of thiazole rings is 1. The smallest absolute Gasteiger partial charge is 0.338 e. The lowest BCUT2D eigenvalue weighted by Gasteiger charge is -2.38. The summed E-state index contributed by atoms with van der Waals surface area (Å²) in [5, 5.41) is 14.7. The van der Waals surface area contributed by atoms with Gasteiger partial charge in [-0.3, -0.25) is 19.6 Å². The first-order valence-corrected chi connectivity index (χ1v) is 16.7. The molecule has 1 aromatic heterocycles. The van der Waals surface area contributed by atoms with Crippen molar-refractivity contribution in [2.24, 2.45) is 4.99 Å². The van der Waals surface area contributed by atoms with Crippen LogP contribution in [0.2, 0.25) is 0 Å². The van der Waals surface area contributed by atoms with E-state index >= 15 is 0 Å². The fourth-order valence-corrected chi connectivity index (χ4v) is 7.23. The molecule has 3 aliphatic heterocycles. The van der Waals surface area contributed by atoms with Crippen molar-refractivity contribution in [2.45, 2.75) is 31.8 Å². The van der Waals surface area contributed by atoms with Crippen LogP contribution in [0.3, 0.4) is 0 Å². The zero-order chi connectivity index (χ0) is 33.2. The van der Waals surface area contributed by atoms with Gasteiger partial charge in [-0.25, -0.2) is 23.4 Å². The van der Waals surface area contributed by atoms with Gasteiger partial charge in [0.15, 0.2) is 10.8 Å². The summed E-state index contributed by atoms with van der Waals surface area (Å²) in [7, 11) is 0. The number of carbonyl (C=O) groups is 3. The maximum atomic E-state index is 14.8. The molecule has 2 atom stereocenters. The summed E-state index contributed by atoms with van der Waals surface area (Å²) in [5.41, 5.74) is 2.14. The van der Waals surface area contributed by atoms with Crippen molar-refractivity contribution in [3.8, 4) is 0 Å². The fraction of sp³-hybridized carbons (Fsp3) is 0.344. The molecule has 0 unspecified atom stereocenters. The molecule has 0 spiro atoms. The van der Waals surface area contributed by atoms with E-state index in [1.807, 2.05) is 5.38 Å². The number of hydrogen-bond acceptors (Lipinski definition) is 9. The molecule has 0 saturated carbocycles. The van der Waals surface area contributed by atoms with Gasteiger partial charge in [-0.15, -0.1) is 11.3 Å². The van der Waals surface area contributed by atoms with E-state index < -0.39 is 29.6 Å². The predicted molar refractivity (Wildman–Crippen MR) is 174 cm³/mol. The van der Waals surface area contributed by atoms with Crippen LogP contribution in [0.15, 0.2) is 68.7 Å². The van der Waals surface area contributed by atoms with Crippen LogP contribution >= 0.6 is 27.3 Å². The number of amides is 2. The van der Waals surface area contributed by atoms with Gasteiger partial charge in [0.25, 0.3) is 0 Å². The molecular weight excluding hydrogens is 698 g/mol. The molecule has 2 fully saturated rings. The van der Waals surface area contributed by atoms with Crippen LogP contribution in [-0.2, 0) is 20.7 Å². The highest BCUT2D eigenvalue weighted by Gasteiger charge is 2.42. The van der Waals surface area contributed by atoms with Gasteiger partial charge < -0.3 is 20.1 Å². The van der Waals surface area contributed by atoms with Crippen molar-refractivity contribution in [1.82, 2.24) is 20.1 Å². The number of rotatable bonds is 10. The Labute approximate surface area is 281 Å². The Balaban J connectivity index is 1.26. The SMILES string of the molecule is CCOC(=O)C1=C(CN2CCN3C(=O)N(c4ccc(CCC(=O)O)c(F)c4)C[C@@H]3C2)NC(c2nccs2)=N[C@H]1c1ccc(F)cc1Br. The zero-order valence-electron chi connectivity index (χ0n) is 25.3. The summed E-state index contributed by atoms with van der Waals surface area (Å²) in [6, 6.07) is 7.46. The Morgan fingerprint density at radius 1 is 1.17 bits per heavy atom. The number of amidine groups is 1. The molecular formula is C32H31BrF2N6O5S. The lowest BCUT2D eigenvalue weighted by atomic mass is 9.95. The second-order valence-corrected chi connectivity index (χ2v) is 13.0. The van der Waals surface area contributed by atoms with Gasteiger partial charge in [-0.1, -0.05) is 28.1 Å². The quantitative estimate of drug-likeness (QED) is 0.287. The second-order valence-electron chi connectivity index (χ2n) is 11.3. The number of carboxylic acid groups (broad SMARTS) is 1. The van der Waals surface area contributed by atoms with E-state index in [1.54, 1.807) is 30.2 Å². The Bertz CT molecular complexity index is 1770. The molecule has 4 heterocycles. The lowest BCUT2D eigenvalue weighted by molar-refractivity contribution is -0.139. The molecule has 2 aromatic carbocycles. The molecule has 3 aliphatic rings. The number of fused-ring (bicyclic) bond motifs is 1. The van der Waals surface area contributed by atoms with E-state index in [9.17, 15) is 23.2 Å². The summed E-state index contributed by atoms with van der Waals surface area (Å²) in [6.45, 7) is 3.92. The molecule has 2 amide bonds. The minimum atomic E-state index is -1.01. The van der Waals surface area contributed by atoms with Crippen molar-refractivity contribution >= 4 is 56.8 Å². The number of urea groups is 1. The minimum absolute atomic E-state index is 0.0602. The second kappa shape index (κ2) is 13.9. The monoisotopic (exact) mass is 728 g/mol. The number of benzene rings is 2. The van der Waals surface area contributed by atoms with Gasteiger partial charge in [-0.2, -0.15) is 0 Å². The highest BCUT2D eigenvalue weighted by atomic mass is 79.9. The highest BCUT2D eigenvalue weighted by molar-refractivity contribution is 9.10. The average Bonchev–Trinajstić information content (AvgIpc) is 3.69. The first-order chi connectivity index (χ1) is 22.6. The van der Waals surface area contributed by atoms with Crippen LogP contribution in [0.5, 0.6) is 0 Å². The van der Waals surface area contributed by atoms with E-state index in [1.165, 1.54) is 40.5 Å². The van der Waals surface area contributed by atoms with Crippen LogP contribution in [0.1, 0.15) is 35.5 Å². The Morgan fingerprint density at radius 3 is 2.70 bits per heavy atom. The number of carboxylic acids is 1. The number of aliphatic carboxylic acids is 1. The topological polar surface area (TPSA) is 128 Å². The third kappa shape index (κ3) is 6.92. The van der Waals surface area contributed by atoms with E-state index in [0.717, 1.165) is 0 Å². The maximum absolute atomic E-state index is 14.8. The zero-order valence-corrected chi connectivity index (χ0v) is 27.7. The summed E-state index contributed by atoms with van der Waals surface area (Å²) in [4.78, 5) is 52.5. The largest absolute Gasteiger partial charge is 0.481 e. The molecule has 246 valence electrons. The number of aromatic nitrogens is 1. The molecule has 2 N–H and O–H groups in total. The van der Waals surface area contributed by atoms with Crippen LogP contribution in [0.4, 0.5) is 19.3 Å². The molecule has 47 heavy (non-hydrogen) atoms. The fourth-order valence-electron chi connectivity index (χ4n) is 6.07. The summed E-state index contributed by atoms with van der Waals surface area (Å²) in [5.74, 6) is -2.07. The number of piperazine rings is 1. The molecule has 0 bridgehead atoms. The predicted octanol–water partition coefficient (Wildman–Crippen LogP) is 4.74. The Hall–Kier alpha value is -4.21. The maximum Gasteiger partial charge on any atom is 0.338 e. The average molecular weight is 730 g/mol. The summed E-state index contributed by atoms with van der Waals surface area (Å²) >= 11 is 4.84. The van der Waals surface area contributed by atoms with Gasteiger partial charge in [0.2, 0.25) is 0 Å². The van der Waals surface area contributed by atoms with E-state index in [0.29, 0.717) is 70.6 Å². The Morgan fingerprint density at radius 2 is 2.00 bits per heavy atom. The van der Waals surface area contributed by atoms with Crippen LogP contribution in [0, 0.1) is 11.6 Å². The van der Waals surface area contributed by atoms with Gasteiger partial charge >= 0.3 is 18.0 Å². The normalized spacial score (nSPS) is 19.8. The first-order valence-electron chi connectivity index (χ1n) is 15.0. The van der Waals surface area contributed by atoms with E-state index in [-0.39, 0.29) is 37.1 Å². The van der Waals surface area contributed by atoms with Crippen molar-refractivity contribution in [3.05, 3.63) is 91.5 Å². The van der Waals surface area contributed by atoms with Gasteiger partial charge in [-0.05, 0) is 48.7 Å². The number of esters is 1. The third-order valence-corrected chi connectivity index (χ3v) is 9.75. The third-order valence-electron chi connectivity index (χ3n) is 8.29. The summed E-state index contributed by atoms with van der Waals surface area (Å²) < 4.78 is 34.8. The number of halogens is 3. The number of aliphatic imine (C=N–C) groups is 1. The van der Waals surface area contributed by atoms with Crippen LogP contribution < -0.4 is 10.2 Å². The van der Waals surface area contributed by atoms with Crippen LogP contribution in [0.25, 0.3) is 0 Å². The number of hydrogen-bond donors (Lipinski definition) is 2.